The third kappa shape index (κ3) is 4.08. The lowest BCUT2D eigenvalue weighted by atomic mass is 9.77. The molecule has 1 aliphatic carbocycles. The SMILES string of the molecule is CN1CCN(C(=O)C2CCNCC2)C2(CCCCC2)C1.Cl.Cl. The van der Waals surface area contributed by atoms with E-state index >= 15 is 0 Å². The van der Waals surface area contributed by atoms with E-state index in [4.69, 9.17) is 0 Å². The summed E-state index contributed by atoms with van der Waals surface area (Å²) in [5.74, 6) is 0.736. The summed E-state index contributed by atoms with van der Waals surface area (Å²) in [7, 11) is 2.21. The summed E-state index contributed by atoms with van der Waals surface area (Å²) in [6, 6.07) is 0. The monoisotopic (exact) mass is 351 g/mol. The van der Waals surface area contributed by atoms with Crippen molar-refractivity contribution >= 4 is 30.7 Å². The fourth-order valence-electron chi connectivity index (χ4n) is 4.45. The molecule has 0 aromatic heterocycles. The Kier molecular flexibility index (Phi) is 7.93. The topological polar surface area (TPSA) is 35.6 Å². The molecule has 1 amide bonds. The van der Waals surface area contributed by atoms with Gasteiger partial charge in [0, 0.05) is 25.6 Å². The number of rotatable bonds is 1. The Morgan fingerprint density at radius 2 is 1.68 bits per heavy atom. The van der Waals surface area contributed by atoms with Crippen LogP contribution in [0.5, 0.6) is 0 Å². The maximum Gasteiger partial charge on any atom is 0.226 e. The standard InChI is InChI=1S/C16H29N3O.2ClH/c1-18-11-12-19(15(20)14-5-9-17-10-6-14)16(13-18)7-3-2-4-8-16;;/h14,17H,2-13H2,1H3;2*1H. The van der Waals surface area contributed by atoms with E-state index in [9.17, 15) is 4.79 Å². The largest absolute Gasteiger partial charge is 0.334 e. The summed E-state index contributed by atoms with van der Waals surface area (Å²) in [6.07, 6.45) is 8.43. The predicted octanol–water partition coefficient (Wildman–Crippen LogP) is 2.31. The number of carbonyl (C=O) groups is 1. The molecule has 0 bridgehead atoms. The average Bonchev–Trinajstić information content (AvgIpc) is 2.48. The van der Waals surface area contributed by atoms with Crippen LogP contribution in [0, 0.1) is 5.92 Å². The van der Waals surface area contributed by atoms with Gasteiger partial charge in [0.1, 0.15) is 0 Å². The zero-order valence-electron chi connectivity index (χ0n) is 13.7. The zero-order valence-corrected chi connectivity index (χ0v) is 15.3. The summed E-state index contributed by atoms with van der Waals surface area (Å²) < 4.78 is 0. The lowest BCUT2D eigenvalue weighted by Crippen LogP contribution is -2.65. The van der Waals surface area contributed by atoms with Gasteiger partial charge in [0.2, 0.25) is 5.91 Å². The Labute approximate surface area is 147 Å². The van der Waals surface area contributed by atoms with Crippen LogP contribution in [0.15, 0.2) is 0 Å². The van der Waals surface area contributed by atoms with Gasteiger partial charge in [-0.05, 0) is 45.8 Å². The van der Waals surface area contributed by atoms with Gasteiger partial charge < -0.3 is 15.1 Å². The maximum absolute atomic E-state index is 13.0. The molecular formula is C16H31Cl2N3O. The smallest absolute Gasteiger partial charge is 0.226 e. The highest BCUT2D eigenvalue weighted by Crippen LogP contribution is 2.37. The first-order valence-corrected chi connectivity index (χ1v) is 8.42. The molecule has 1 spiro atoms. The molecule has 4 nitrogen and oxygen atoms in total. The molecule has 0 aromatic carbocycles. The number of piperazine rings is 1. The van der Waals surface area contributed by atoms with Crippen LogP contribution < -0.4 is 5.32 Å². The Morgan fingerprint density at radius 3 is 2.32 bits per heavy atom. The molecule has 6 heteroatoms. The molecule has 130 valence electrons. The van der Waals surface area contributed by atoms with Gasteiger partial charge >= 0.3 is 0 Å². The fraction of sp³-hybridized carbons (Fsp3) is 0.938. The van der Waals surface area contributed by atoms with Crippen LogP contribution in [0.25, 0.3) is 0 Å². The summed E-state index contributed by atoms with van der Waals surface area (Å²) in [4.78, 5) is 17.7. The molecule has 1 saturated carbocycles. The van der Waals surface area contributed by atoms with Crippen molar-refractivity contribution in [3.8, 4) is 0 Å². The van der Waals surface area contributed by atoms with E-state index in [1.165, 1.54) is 32.1 Å². The minimum atomic E-state index is 0. The molecule has 3 aliphatic rings. The van der Waals surface area contributed by atoms with Gasteiger partial charge in [-0.3, -0.25) is 4.79 Å². The summed E-state index contributed by atoms with van der Waals surface area (Å²) in [5.41, 5.74) is 0.160. The van der Waals surface area contributed by atoms with Crippen LogP contribution in [-0.2, 0) is 4.79 Å². The van der Waals surface area contributed by atoms with Gasteiger partial charge in [0.15, 0.2) is 0 Å². The van der Waals surface area contributed by atoms with Gasteiger partial charge in [0.05, 0.1) is 5.54 Å². The first-order chi connectivity index (χ1) is 9.71. The van der Waals surface area contributed by atoms with E-state index in [-0.39, 0.29) is 36.3 Å². The highest BCUT2D eigenvalue weighted by Gasteiger charge is 2.45. The Balaban J connectivity index is 0.00000121. The number of hydrogen-bond acceptors (Lipinski definition) is 3. The van der Waals surface area contributed by atoms with E-state index in [1.807, 2.05) is 0 Å². The van der Waals surface area contributed by atoms with Crippen molar-refractivity contribution in [1.82, 2.24) is 15.1 Å². The Morgan fingerprint density at radius 1 is 1.05 bits per heavy atom. The van der Waals surface area contributed by atoms with Crippen molar-refractivity contribution < 1.29 is 4.79 Å². The van der Waals surface area contributed by atoms with Crippen molar-refractivity contribution in [1.29, 1.82) is 0 Å². The second-order valence-electron chi connectivity index (χ2n) is 7.04. The lowest BCUT2D eigenvalue weighted by molar-refractivity contribution is -0.149. The van der Waals surface area contributed by atoms with Crippen LogP contribution in [0.1, 0.15) is 44.9 Å². The van der Waals surface area contributed by atoms with Crippen LogP contribution in [-0.4, -0.2) is 61.0 Å². The normalized spacial score (nSPS) is 26.1. The van der Waals surface area contributed by atoms with E-state index in [0.717, 1.165) is 45.6 Å². The molecule has 3 rings (SSSR count). The second kappa shape index (κ2) is 8.72. The molecule has 1 N–H and O–H groups in total. The number of hydrogen-bond donors (Lipinski definition) is 1. The Hall–Kier alpha value is -0.0300. The summed E-state index contributed by atoms with van der Waals surface area (Å²) in [5, 5.41) is 3.37. The lowest BCUT2D eigenvalue weighted by Gasteiger charge is -2.53. The van der Waals surface area contributed by atoms with Crippen molar-refractivity contribution in [3.63, 3.8) is 0 Å². The number of nitrogens with one attached hydrogen (secondary N) is 1. The molecule has 22 heavy (non-hydrogen) atoms. The van der Waals surface area contributed by atoms with Gasteiger partial charge in [-0.1, -0.05) is 19.3 Å². The molecular weight excluding hydrogens is 321 g/mol. The minimum Gasteiger partial charge on any atom is -0.334 e. The highest BCUT2D eigenvalue weighted by molar-refractivity contribution is 5.85. The zero-order chi connectivity index (χ0) is 14.0. The molecule has 0 radical (unpaired) electrons. The molecule has 2 heterocycles. The van der Waals surface area contributed by atoms with Gasteiger partial charge in [0.25, 0.3) is 0 Å². The summed E-state index contributed by atoms with van der Waals surface area (Å²) >= 11 is 0. The van der Waals surface area contributed by atoms with Crippen LogP contribution >= 0.6 is 24.8 Å². The number of likely N-dealkylation sites (N-methyl/N-ethyl adjacent to an activating group) is 1. The van der Waals surface area contributed by atoms with E-state index in [2.05, 4.69) is 22.2 Å². The third-order valence-corrected chi connectivity index (χ3v) is 5.58. The number of piperidine rings is 1. The van der Waals surface area contributed by atoms with Gasteiger partial charge in [-0.15, -0.1) is 24.8 Å². The van der Waals surface area contributed by atoms with Crippen molar-refractivity contribution in [3.05, 3.63) is 0 Å². The molecule has 3 fully saturated rings. The second-order valence-corrected chi connectivity index (χ2v) is 7.04. The number of nitrogens with zero attached hydrogens (tertiary/aromatic N) is 2. The number of halogens is 2. The van der Waals surface area contributed by atoms with Crippen LogP contribution in [0.4, 0.5) is 0 Å². The number of amides is 1. The molecule has 0 aromatic rings. The molecule has 2 saturated heterocycles. The molecule has 0 atom stereocenters. The predicted molar refractivity (Wildman–Crippen MR) is 95.1 cm³/mol. The van der Waals surface area contributed by atoms with E-state index in [0.29, 0.717) is 5.91 Å². The van der Waals surface area contributed by atoms with Gasteiger partial charge in [-0.25, -0.2) is 0 Å². The van der Waals surface area contributed by atoms with Crippen LogP contribution in [0.3, 0.4) is 0 Å². The average molecular weight is 352 g/mol. The fourth-order valence-corrected chi connectivity index (χ4v) is 4.45. The van der Waals surface area contributed by atoms with Crippen molar-refractivity contribution in [2.45, 2.75) is 50.5 Å². The molecule has 2 aliphatic heterocycles. The Bertz CT molecular complexity index is 355. The number of carbonyl (C=O) groups excluding carboxylic acids is 1. The third-order valence-electron chi connectivity index (χ3n) is 5.58. The first kappa shape index (κ1) is 20.0. The molecule has 0 unspecified atom stereocenters. The quantitative estimate of drug-likeness (QED) is 0.787. The summed E-state index contributed by atoms with van der Waals surface area (Å²) in [6.45, 7) is 5.09. The van der Waals surface area contributed by atoms with E-state index < -0.39 is 0 Å². The van der Waals surface area contributed by atoms with Crippen molar-refractivity contribution in [2.75, 3.05) is 39.8 Å². The first-order valence-electron chi connectivity index (χ1n) is 8.42. The van der Waals surface area contributed by atoms with E-state index in [1.54, 1.807) is 0 Å². The van der Waals surface area contributed by atoms with Crippen LogP contribution in [0.2, 0.25) is 0 Å². The van der Waals surface area contributed by atoms with Gasteiger partial charge in [-0.2, -0.15) is 0 Å². The minimum absolute atomic E-state index is 0. The van der Waals surface area contributed by atoms with Crippen molar-refractivity contribution in [2.24, 2.45) is 5.92 Å². The highest BCUT2D eigenvalue weighted by atomic mass is 35.5. The maximum atomic E-state index is 13.0.